The second-order valence-electron chi connectivity index (χ2n) is 9.42. The maximum atomic E-state index is 13.5. The first-order valence-corrected chi connectivity index (χ1v) is 10.1. The molecule has 0 radical (unpaired) electrons. The number of aliphatic hydroxyl groups is 1. The lowest BCUT2D eigenvalue weighted by Gasteiger charge is -2.48. The molecule has 0 amide bonds. The predicted octanol–water partition coefficient (Wildman–Crippen LogP) is 3.86. The van der Waals surface area contributed by atoms with Crippen LogP contribution < -0.4 is 0 Å². The highest BCUT2D eigenvalue weighted by molar-refractivity contribution is 6.03. The number of Topliss-reactive ketones (excluding diaryl/α,β-unsaturated/α-hetero) is 1. The first kappa shape index (κ1) is 18.1. The van der Waals surface area contributed by atoms with Crippen molar-refractivity contribution in [2.24, 2.45) is 11.3 Å². The zero-order valence-electron chi connectivity index (χ0n) is 16.6. The summed E-state index contributed by atoms with van der Waals surface area (Å²) in [6, 6.07) is 4.08. The summed E-state index contributed by atoms with van der Waals surface area (Å²) in [6.07, 6.45) is 4.11. The number of piperidine rings is 1. The molecule has 0 spiro atoms. The number of rotatable bonds is 3. The second-order valence-corrected chi connectivity index (χ2v) is 9.42. The molecule has 2 unspecified atom stereocenters. The van der Waals surface area contributed by atoms with Gasteiger partial charge in [0.15, 0.2) is 5.78 Å². The Kier molecular flexibility index (Phi) is 4.49. The summed E-state index contributed by atoms with van der Waals surface area (Å²) < 4.78 is 0. The molecule has 4 rings (SSSR count). The van der Waals surface area contributed by atoms with Crippen LogP contribution >= 0.6 is 0 Å². The van der Waals surface area contributed by atoms with Crippen molar-refractivity contribution >= 4 is 5.78 Å². The van der Waals surface area contributed by atoms with Gasteiger partial charge in [-0.3, -0.25) is 4.79 Å². The van der Waals surface area contributed by atoms with Crippen molar-refractivity contribution in [3.63, 3.8) is 0 Å². The van der Waals surface area contributed by atoms with E-state index >= 15 is 0 Å². The molecule has 1 aliphatic carbocycles. The first-order chi connectivity index (χ1) is 12.3. The average molecular weight is 357 g/mol. The highest BCUT2D eigenvalue weighted by Crippen LogP contribution is 2.43. The molecule has 0 aromatic heterocycles. The van der Waals surface area contributed by atoms with E-state index in [1.807, 2.05) is 19.1 Å². The van der Waals surface area contributed by atoms with Gasteiger partial charge in [0.25, 0.3) is 0 Å². The topological polar surface area (TPSA) is 43.8 Å². The third-order valence-electron chi connectivity index (χ3n) is 6.58. The summed E-state index contributed by atoms with van der Waals surface area (Å²) >= 11 is 0. The van der Waals surface area contributed by atoms with Crippen LogP contribution in [0.5, 0.6) is 0 Å². The summed E-state index contributed by atoms with van der Waals surface area (Å²) in [5.74, 6) is 0.769. The van der Waals surface area contributed by atoms with Crippen LogP contribution in [0.3, 0.4) is 0 Å². The van der Waals surface area contributed by atoms with Crippen LogP contribution in [-0.4, -0.2) is 40.0 Å². The summed E-state index contributed by atoms with van der Waals surface area (Å²) in [6.45, 7) is 11.3. The van der Waals surface area contributed by atoms with Crippen LogP contribution in [0.25, 0.3) is 0 Å². The number of nitrogens with zero attached hydrogens (tertiary/aromatic N) is 2. The second kappa shape index (κ2) is 6.43. The van der Waals surface area contributed by atoms with Gasteiger partial charge in [-0.2, -0.15) is 0 Å². The van der Waals surface area contributed by atoms with Crippen molar-refractivity contribution in [1.82, 2.24) is 10.0 Å². The summed E-state index contributed by atoms with van der Waals surface area (Å²) in [5, 5.41) is 15.1. The largest absolute Gasteiger partial charge is 0.389 e. The van der Waals surface area contributed by atoms with Crippen molar-refractivity contribution in [3.8, 4) is 0 Å². The fourth-order valence-electron chi connectivity index (χ4n) is 4.67. The highest BCUT2D eigenvalue weighted by Gasteiger charge is 2.47. The van der Waals surface area contributed by atoms with Gasteiger partial charge in [-0.1, -0.05) is 25.5 Å². The molecule has 1 saturated carbocycles. The first-order valence-electron chi connectivity index (χ1n) is 10.1. The minimum atomic E-state index is -0.545. The molecule has 26 heavy (non-hydrogen) atoms. The Labute approximate surface area is 157 Å². The Morgan fingerprint density at radius 2 is 1.85 bits per heavy atom. The number of ketones is 1. The number of carbonyl (C=O) groups excluding carboxylic acids is 1. The molecule has 2 fully saturated rings. The van der Waals surface area contributed by atoms with E-state index in [0.717, 1.165) is 54.7 Å². The normalized spacial score (nSPS) is 28.0. The molecule has 3 aliphatic rings. The van der Waals surface area contributed by atoms with Gasteiger partial charge >= 0.3 is 0 Å². The van der Waals surface area contributed by atoms with Crippen LogP contribution in [0, 0.1) is 18.3 Å². The number of aliphatic hydroxyl groups excluding tert-OH is 1. The Morgan fingerprint density at radius 3 is 2.42 bits per heavy atom. The van der Waals surface area contributed by atoms with E-state index in [2.05, 4.69) is 23.9 Å². The molecule has 4 heteroatoms. The quantitative estimate of drug-likeness (QED) is 0.893. The minimum absolute atomic E-state index is 0.00707. The van der Waals surface area contributed by atoms with E-state index in [9.17, 15) is 9.90 Å². The zero-order valence-corrected chi connectivity index (χ0v) is 16.6. The van der Waals surface area contributed by atoms with E-state index in [4.69, 9.17) is 0 Å². The molecular weight excluding hydrogens is 324 g/mol. The molecule has 1 saturated heterocycles. The lowest BCUT2D eigenvalue weighted by molar-refractivity contribution is -0.0958. The molecule has 1 N–H and O–H groups in total. The van der Waals surface area contributed by atoms with E-state index in [-0.39, 0.29) is 11.8 Å². The Hall–Kier alpha value is -1.23. The SMILES string of the molecule is Cc1cc2c(c(C(C)O)c1)CN(N1CCC(C)(C)CC1)C(C1CC1)C2=O. The monoisotopic (exact) mass is 356 g/mol. The van der Waals surface area contributed by atoms with Gasteiger partial charge in [0.2, 0.25) is 0 Å². The van der Waals surface area contributed by atoms with Crippen LogP contribution in [0.4, 0.5) is 0 Å². The Balaban J connectivity index is 1.71. The molecule has 2 atom stereocenters. The minimum Gasteiger partial charge on any atom is -0.389 e. The predicted molar refractivity (Wildman–Crippen MR) is 103 cm³/mol. The standard InChI is InChI=1S/C22H32N2O2/c1-14-11-17(15(2)25)19-13-24(23-9-7-22(3,4)8-10-23)20(16-5-6-16)21(26)18(19)12-14/h11-12,15-16,20,25H,5-10,13H2,1-4H3. The lowest BCUT2D eigenvalue weighted by atomic mass is 9.82. The van der Waals surface area contributed by atoms with Crippen molar-refractivity contribution in [2.75, 3.05) is 13.1 Å². The molecule has 0 bridgehead atoms. The van der Waals surface area contributed by atoms with Crippen LogP contribution in [0.15, 0.2) is 12.1 Å². The third-order valence-corrected chi connectivity index (χ3v) is 6.58. The number of benzene rings is 1. The van der Waals surface area contributed by atoms with Gasteiger partial charge in [0.05, 0.1) is 12.1 Å². The number of fused-ring (bicyclic) bond motifs is 1. The molecular formula is C22H32N2O2. The van der Waals surface area contributed by atoms with E-state index < -0.39 is 6.10 Å². The number of aryl methyl sites for hydroxylation is 1. The molecule has 1 aromatic rings. The summed E-state index contributed by atoms with van der Waals surface area (Å²) in [4.78, 5) is 13.5. The van der Waals surface area contributed by atoms with Crippen LogP contribution in [0.1, 0.15) is 79.6 Å². The summed E-state index contributed by atoms with van der Waals surface area (Å²) in [7, 11) is 0. The van der Waals surface area contributed by atoms with Crippen LogP contribution in [0.2, 0.25) is 0 Å². The smallest absolute Gasteiger partial charge is 0.182 e. The fraction of sp³-hybridized carbons (Fsp3) is 0.682. The Bertz CT molecular complexity index is 711. The maximum absolute atomic E-state index is 13.5. The molecule has 142 valence electrons. The lowest BCUT2D eigenvalue weighted by Crippen LogP contribution is -2.57. The van der Waals surface area contributed by atoms with Crippen molar-refractivity contribution in [3.05, 3.63) is 34.4 Å². The number of carbonyl (C=O) groups is 1. The van der Waals surface area contributed by atoms with Crippen molar-refractivity contribution in [2.45, 2.75) is 72.1 Å². The molecule has 4 nitrogen and oxygen atoms in total. The number of hydrogen-bond acceptors (Lipinski definition) is 4. The molecule has 2 heterocycles. The van der Waals surface area contributed by atoms with Crippen molar-refractivity contribution < 1.29 is 9.90 Å². The maximum Gasteiger partial charge on any atom is 0.182 e. The van der Waals surface area contributed by atoms with Gasteiger partial charge in [-0.15, -0.1) is 0 Å². The molecule has 2 aliphatic heterocycles. The van der Waals surface area contributed by atoms with Gasteiger partial charge < -0.3 is 5.11 Å². The van der Waals surface area contributed by atoms with Gasteiger partial charge in [-0.25, -0.2) is 10.0 Å². The zero-order chi connectivity index (χ0) is 18.6. The highest BCUT2D eigenvalue weighted by atomic mass is 16.3. The third kappa shape index (κ3) is 3.23. The fourth-order valence-corrected chi connectivity index (χ4v) is 4.67. The van der Waals surface area contributed by atoms with E-state index in [1.54, 1.807) is 6.92 Å². The number of hydrazine groups is 1. The van der Waals surface area contributed by atoms with E-state index in [1.165, 1.54) is 12.8 Å². The molecule has 1 aromatic carbocycles. The summed E-state index contributed by atoms with van der Waals surface area (Å²) in [5.41, 5.74) is 4.27. The van der Waals surface area contributed by atoms with Crippen LogP contribution in [-0.2, 0) is 6.54 Å². The van der Waals surface area contributed by atoms with Crippen molar-refractivity contribution in [1.29, 1.82) is 0 Å². The van der Waals surface area contributed by atoms with Gasteiger partial charge in [0.1, 0.15) is 0 Å². The van der Waals surface area contributed by atoms with Gasteiger partial charge in [-0.05, 0) is 68.1 Å². The average Bonchev–Trinajstić information content (AvgIpc) is 3.39. The van der Waals surface area contributed by atoms with Gasteiger partial charge in [0, 0.05) is 25.2 Å². The Morgan fingerprint density at radius 1 is 1.19 bits per heavy atom. The van der Waals surface area contributed by atoms with E-state index in [0.29, 0.717) is 11.3 Å². The number of hydrogen-bond donors (Lipinski definition) is 1.